The van der Waals surface area contributed by atoms with Gasteiger partial charge in [-0.1, -0.05) is 36.4 Å². The molecule has 0 atom stereocenters. The van der Waals surface area contributed by atoms with Crippen molar-refractivity contribution in [3.8, 4) is 11.8 Å². The molecule has 5 heteroatoms. The van der Waals surface area contributed by atoms with Crippen LogP contribution < -0.4 is 4.74 Å². The van der Waals surface area contributed by atoms with E-state index < -0.39 is 0 Å². The molecule has 1 heterocycles. The Morgan fingerprint density at radius 2 is 1.96 bits per heavy atom. The molecule has 1 amide bonds. The monoisotopic (exact) mass is 345 g/mol. The Balaban J connectivity index is 1.65. The molecule has 0 bridgehead atoms. The van der Waals surface area contributed by atoms with E-state index >= 15 is 0 Å². The molecule has 3 aromatic rings. The average Bonchev–Trinajstić information content (AvgIpc) is 2.70. The van der Waals surface area contributed by atoms with Gasteiger partial charge in [0.05, 0.1) is 12.5 Å². The van der Waals surface area contributed by atoms with Crippen LogP contribution in [0, 0.1) is 11.3 Å². The zero-order valence-corrected chi connectivity index (χ0v) is 14.3. The Kier molecular flexibility index (Phi) is 5.79. The van der Waals surface area contributed by atoms with Crippen LogP contribution in [0.15, 0.2) is 67.0 Å². The molecule has 3 rings (SSSR count). The van der Waals surface area contributed by atoms with Gasteiger partial charge in [-0.15, -0.1) is 0 Å². The van der Waals surface area contributed by atoms with E-state index in [9.17, 15) is 4.79 Å². The molecule has 130 valence electrons. The minimum atomic E-state index is -0.155. The van der Waals surface area contributed by atoms with Crippen LogP contribution in [-0.2, 0) is 11.3 Å². The van der Waals surface area contributed by atoms with Crippen molar-refractivity contribution in [2.75, 3.05) is 13.2 Å². The molecule has 0 spiro atoms. The first-order valence-electron chi connectivity index (χ1n) is 8.41. The van der Waals surface area contributed by atoms with Gasteiger partial charge in [-0.3, -0.25) is 9.78 Å². The van der Waals surface area contributed by atoms with Gasteiger partial charge in [0, 0.05) is 25.5 Å². The molecular formula is C21H19N3O2. The van der Waals surface area contributed by atoms with Gasteiger partial charge in [0.15, 0.2) is 6.61 Å². The number of nitriles is 1. The second-order valence-corrected chi connectivity index (χ2v) is 5.88. The lowest BCUT2D eigenvalue weighted by Crippen LogP contribution is -2.35. The molecule has 0 saturated heterocycles. The van der Waals surface area contributed by atoms with E-state index in [-0.39, 0.29) is 18.9 Å². The molecule has 26 heavy (non-hydrogen) atoms. The summed E-state index contributed by atoms with van der Waals surface area (Å²) < 4.78 is 5.68. The summed E-state index contributed by atoms with van der Waals surface area (Å²) in [5.41, 5.74) is 0.921. The van der Waals surface area contributed by atoms with Crippen molar-refractivity contribution in [2.45, 2.75) is 13.0 Å². The fraction of sp³-hybridized carbons (Fsp3) is 0.190. The molecular weight excluding hydrogens is 326 g/mol. The summed E-state index contributed by atoms with van der Waals surface area (Å²) in [6.45, 7) is 0.713. The highest BCUT2D eigenvalue weighted by Crippen LogP contribution is 2.20. The number of fused-ring (bicyclic) bond motifs is 1. The number of benzene rings is 2. The zero-order valence-electron chi connectivity index (χ0n) is 14.3. The molecule has 0 saturated carbocycles. The quantitative estimate of drug-likeness (QED) is 0.657. The molecule has 0 aliphatic rings. The van der Waals surface area contributed by atoms with E-state index in [0.717, 1.165) is 16.3 Å². The van der Waals surface area contributed by atoms with Gasteiger partial charge in [0.25, 0.3) is 5.91 Å². The maximum absolute atomic E-state index is 12.6. The van der Waals surface area contributed by atoms with E-state index in [0.29, 0.717) is 18.8 Å². The summed E-state index contributed by atoms with van der Waals surface area (Å²) in [7, 11) is 0. The summed E-state index contributed by atoms with van der Waals surface area (Å²) >= 11 is 0. The Morgan fingerprint density at radius 1 is 1.12 bits per heavy atom. The largest absolute Gasteiger partial charge is 0.484 e. The van der Waals surface area contributed by atoms with Gasteiger partial charge in [0.1, 0.15) is 5.75 Å². The van der Waals surface area contributed by atoms with Crippen molar-refractivity contribution < 1.29 is 9.53 Å². The van der Waals surface area contributed by atoms with Gasteiger partial charge in [-0.2, -0.15) is 5.26 Å². The number of pyridine rings is 1. The fourth-order valence-corrected chi connectivity index (χ4v) is 2.68. The Labute approximate surface area is 152 Å². The predicted octanol–water partition coefficient (Wildman–Crippen LogP) is 3.56. The third-order valence-electron chi connectivity index (χ3n) is 4.03. The molecule has 0 radical (unpaired) electrons. The number of rotatable bonds is 7. The summed E-state index contributed by atoms with van der Waals surface area (Å²) in [5, 5.41) is 11.0. The number of carbonyl (C=O) groups excluding carboxylic acids is 1. The van der Waals surface area contributed by atoms with Crippen molar-refractivity contribution in [2.24, 2.45) is 0 Å². The fourth-order valence-electron chi connectivity index (χ4n) is 2.68. The lowest BCUT2D eigenvalue weighted by Gasteiger charge is -2.21. The van der Waals surface area contributed by atoms with Crippen LogP contribution in [0.4, 0.5) is 0 Å². The summed E-state index contributed by atoms with van der Waals surface area (Å²) in [6.07, 6.45) is 3.69. The SMILES string of the molecule is N#CCCN(Cc1cccnc1)C(=O)COc1ccc2ccccc2c1. The first kappa shape index (κ1) is 17.4. The number of carbonyl (C=O) groups is 1. The van der Waals surface area contributed by atoms with E-state index in [1.807, 2.05) is 54.6 Å². The number of hydrogen-bond acceptors (Lipinski definition) is 4. The number of ether oxygens (including phenoxy) is 1. The summed E-state index contributed by atoms with van der Waals surface area (Å²) in [4.78, 5) is 18.3. The first-order chi connectivity index (χ1) is 12.8. The molecule has 0 N–H and O–H groups in total. The lowest BCUT2D eigenvalue weighted by atomic mass is 10.1. The molecule has 0 unspecified atom stereocenters. The van der Waals surface area contributed by atoms with Crippen molar-refractivity contribution in [3.05, 3.63) is 72.6 Å². The molecule has 0 fully saturated rings. The summed E-state index contributed by atoms with van der Waals surface area (Å²) in [5.74, 6) is 0.496. The van der Waals surface area contributed by atoms with Crippen molar-refractivity contribution in [1.29, 1.82) is 5.26 Å². The highest BCUT2D eigenvalue weighted by molar-refractivity contribution is 5.84. The number of nitrogens with zero attached hydrogens (tertiary/aromatic N) is 3. The van der Waals surface area contributed by atoms with Gasteiger partial charge in [-0.25, -0.2) is 0 Å². The third-order valence-corrected chi connectivity index (χ3v) is 4.03. The van der Waals surface area contributed by atoms with Crippen LogP contribution in [0.2, 0.25) is 0 Å². The molecule has 2 aromatic carbocycles. The maximum Gasteiger partial charge on any atom is 0.260 e. The molecule has 0 aliphatic carbocycles. The van der Waals surface area contributed by atoms with Crippen molar-refractivity contribution in [1.82, 2.24) is 9.88 Å². The van der Waals surface area contributed by atoms with Crippen molar-refractivity contribution in [3.63, 3.8) is 0 Å². The van der Waals surface area contributed by atoms with E-state index in [2.05, 4.69) is 11.1 Å². The highest BCUT2D eigenvalue weighted by Gasteiger charge is 2.15. The third kappa shape index (κ3) is 4.58. The first-order valence-corrected chi connectivity index (χ1v) is 8.41. The van der Waals surface area contributed by atoms with Crippen LogP contribution in [0.5, 0.6) is 5.75 Å². The maximum atomic E-state index is 12.6. The smallest absolute Gasteiger partial charge is 0.260 e. The van der Waals surface area contributed by atoms with Gasteiger partial charge in [0.2, 0.25) is 0 Å². The van der Waals surface area contributed by atoms with Crippen LogP contribution in [0.3, 0.4) is 0 Å². The zero-order chi connectivity index (χ0) is 18.2. The lowest BCUT2D eigenvalue weighted by molar-refractivity contribution is -0.133. The number of hydrogen-bond donors (Lipinski definition) is 0. The van der Waals surface area contributed by atoms with Gasteiger partial charge in [-0.05, 0) is 34.5 Å². The van der Waals surface area contributed by atoms with Gasteiger partial charge >= 0.3 is 0 Å². The number of amides is 1. The Morgan fingerprint density at radius 3 is 2.73 bits per heavy atom. The minimum Gasteiger partial charge on any atom is -0.484 e. The molecule has 5 nitrogen and oxygen atoms in total. The topological polar surface area (TPSA) is 66.2 Å². The number of aromatic nitrogens is 1. The Bertz CT molecular complexity index is 919. The second kappa shape index (κ2) is 8.63. The van der Waals surface area contributed by atoms with Crippen LogP contribution in [0.25, 0.3) is 10.8 Å². The van der Waals surface area contributed by atoms with E-state index in [1.54, 1.807) is 17.3 Å². The molecule has 0 aliphatic heterocycles. The summed E-state index contributed by atoms with van der Waals surface area (Å²) in [6, 6.07) is 19.6. The second-order valence-electron chi connectivity index (χ2n) is 5.88. The standard InChI is InChI=1S/C21H19N3O2/c22-10-4-12-24(15-17-5-3-11-23-14-17)21(25)16-26-20-9-8-18-6-1-2-7-19(18)13-20/h1-3,5-9,11,13-14H,4,12,15-16H2. The molecule has 1 aromatic heterocycles. The van der Waals surface area contributed by atoms with E-state index in [1.165, 1.54) is 0 Å². The van der Waals surface area contributed by atoms with Crippen LogP contribution in [0.1, 0.15) is 12.0 Å². The van der Waals surface area contributed by atoms with Crippen LogP contribution in [-0.4, -0.2) is 28.9 Å². The average molecular weight is 345 g/mol. The van der Waals surface area contributed by atoms with E-state index in [4.69, 9.17) is 10.00 Å². The Hall–Kier alpha value is -3.39. The van der Waals surface area contributed by atoms with Crippen LogP contribution >= 0.6 is 0 Å². The van der Waals surface area contributed by atoms with Gasteiger partial charge < -0.3 is 9.64 Å². The van der Waals surface area contributed by atoms with Crippen molar-refractivity contribution >= 4 is 16.7 Å². The predicted molar refractivity (Wildman–Crippen MR) is 99.3 cm³/mol. The normalized spacial score (nSPS) is 10.3. The minimum absolute atomic E-state index is 0.0654. The highest BCUT2D eigenvalue weighted by atomic mass is 16.5.